The van der Waals surface area contributed by atoms with Crippen molar-refractivity contribution < 1.29 is 15.3 Å². The molecule has 4 nitrogen and oxygen atoms in total. The molecular weight excluding hydrogens is 170 g/mol. The largest absolute Gasteiger partial charge is 0.391 e. The highest BCUT2D eigenvalue weighted by Crippen LogP contribution is 2.31. The Morgan fingerprint density at radius 1 is 1.08 bits per heavy atom. The molecule has 0 amide bonds. The van der Waals surface area contributed by atoms with Crippen LogP contribution in [0.1, 0.15) is 19.8 Å². The summed E-state index contributed by atoms with van der Waals surface area (Å²) in [5, 5.41) is 28.8. The second kappa shape index (κ2) is 3.20. The summed E-state index contributed by atoms with van der Waals surface area (Å²) in [6.45, 7) is 2.56. The van der Waals surface area contributed by atoms with Crippen LogP contribution in [0.3, 0.4) is 0 Å². The molecule has 0 radical (unpaired) electrons. The molecule has 0 aromatic rings. The van der Waals surface area contributed by atoms with E-state index < -0.39 is 18.3 Å². The van der Waals surface area contributed by atoms with E-state index in [9.17, 15) is 15.3 Å². The average Bonchev–Trinajstić information content (AvgIpc) is 2.38. The molecule has 0 bridgehead atoms. The monoisotopic (exact) mass is 187 g/mol. The summed E-state index contributed by atoms with van der Waals surface area (Å²) < 4.78 is 0. The molecule has 2 aliphatic heterocycles. The summed E-state index contributed by atoms with van der Waals surface area (Å²) in [5.74, 6) is 0. The van der Waals surface area contributed by atoms with Gasteiger partial charge in [-0.25, -0.2) is 0 Å². The number of hydrogen-bond acceptors (Lipinski definition) is 4. The van der Waals surface area contributed by atoms with E-state index in [1.165, 1.54) is 0 Å². The van der Waals surface area contributed by atoms with E-state index in [0.717, 1.165) is 12.8 Å². The third-order valence-electron chi connectivity index (χ3n) is 3.37. The number of nitrogens with zero attached hydrogens (tertiary/aromatic N) is 1. The number of rotatable bonds is 0. The van der Waals surface area contributed by atoms with Gasteiger partial charge in [-0.15, -0.1) is 0 Å². The van der Waals surface area contributed by atoms with E-state index in [1.54, 1.807) is 0 Å². The van der Waals surface area contributed by atoms with Crippen LogP contribution in [0.25, 0.3) is 0 Å². The smallest absolute Gasteiger partial charge is 0.0991 e. The van der Waals surface area contributed by atoms with E-state index in [1.807, 2.05) is 4.90 Å². The number of hydrogen-bond donors (Lipinski definition) is 3. The highest BCUT2D eigenvalue weighted by molar-refractivity contribution is 5.01. The predicted molar refractivity (Wildman–Crippen MR) is 47.2 cm³/mol. The van der Waals surface area contributed by atoms with E-state index in [4.69, 9.17) is 0 Å². The van der Waals surface area contributed by atoms with Gasteiger partial charge in [-0.05, 0) is 19.8 Å². The molecular formula is C9H17NO3. The van der Waals surface area contributed by atoms with Crippen LogP contribution in [0.4, 0.5) is 0 Å². The van der Waals surface area contributed by atoms with Crippen molar-refractivity contribution >= 4 is 0 Å². The fraction of sp³-hybridized carbons (Fsp3) is 1.00. The van der Waals surface area contributed by atoms with Crippen molar-refractivity contribution in [2.24, 2.45) is 0 Å². The number of aliphatic hydroxyl groups is 3. The SMILES string of the molecule is C[C@@H]1CC[C@H](O)[C@H]2[C@H](O)[C@H](O)CN21. The van der Waals surface area contributed by atoms with Gasteiger partial charge < -0.3 is 15.3 Å². The Balaban J connectivity index is 2.17. The third kappa shape index (κ3) is 1.38. The van der Waals surface area contributed by atoms with Crippen molar-refractivity contribution in [3.8, 4) is 0 Å². The van der Waals surface area contributed by atoms with Crippen LogP contribution in [-0.4, -0.2) is 57.2 Å². The summed E-state index contributed by atoms with van der Waals surface area (Å²) in [6.07, 6.45) is -0.287. The van der Waals surface area contributed by atoms with Gasteiger partial charge in [-0.2, -0.15) is 0 Å². The number of fused-ring (bicyclic) bond motifs is 1. The molecule has 0 aromatic heterocycles. The zero-order valence-corrected chi connectivity index (χ0v) is 7.80. The van der Waals surface area contributed by atoms with Gasteiger partial charge in [0.1, 0.15) is 0 Å². The summed E-state index contributed by atoms with van der Waals surface area (Å²) >= 11 is 0. The summed E-state index contributed by atoms with van der Waals surface area (Å²) in [4.78, 5) is 2.02. The molecule has 0 aromatic carbocycles. The van der Waals surface area contributed by atoms with Crippen molar-refractivity contribution in [3.63, 3.8) is 0 Å². The molecule has 13 heavy (non-hydrogen) atoms. The Labute approximate surface area is 77.8 Å². The maximum Gasteiger partial charge on any atom is 0.0991 e. The van der Waals surface area contributed by atoms with Gasteiger partial charge in [0.2, 0.25) is 0 Å². The van der Waals surface area contributed by atoms with Crippen molar-refractivity contribution in [1.29, 1.82) is 0 Å². The topological polar surface area (TPSA) is 63.9 Å². The zero-order valence-electron chi connectivity index (χ0n) is 7.80. The minimum Gasteiger partial charge on any atom is -0.391 e. The van der Waals surface area contributed by atoms with Crippen molar-refractivity contribution in [1.82, 2.24) is 4.90 Å². The molecule has 0 saturated carbocycles. The molecule has 5 atom stereocenters. The van der Waals surface area contributed by atoms with Crippen LogP contribution >= 0.6 is 0 Å². The van der Waals surface area contributed by atoms with Crippen LogP contribution < -0.4 is 0 Å². The molecule has 2 fully saturated rings. The summed E-state index contributed by atoms with van der Waals surface area (Å²) in [5.41, 5.74) is 0. The quantitative estimate of drug-likeness (QED) is 0.452. The molecule has 76 valence electrons. The maximum atomic E-state index is 9.67. The Hall–Kier alpha value is -0.160. The van der Waals surface area contributed by atoms with Crippen LogP contribution in [0, 0.1) is 0 Å². The molecule has 0 spiro atoms. The Morgan fingerprint density at radius 3 is 2.38 bits per heavy atom. The Kier molecular flexibility index (Phi) is 2.32. The predicted octanol–water partition coefficient (Wildman–Crippen LogP) is -1.06. The van der Waals surface area contributed by atoms with Gasteiger partial charge in [-0.3, -0.25) is 4.90 Å². The van der Waals surface area contributed by atoms with E-state index in [-0.39, 0.29) is 6.04 Å². The molecule has 3 N–H and O–H groups in total. The lowest BCUT2D eigenvalue weighted by Gasteiger charge is -2.39. The third-order valence-corrected chi connectivity index (χ3v) is 3.37. The van der Waals surface area contributed by atoms with Crippen LogP contribution in [0.2, 0.25) is 0 Å². The molecule has 2 saturated heterocycles. The lowest BCUT2D eigenvalue weighted by molar-refractivity contribution is -0.0422. The minimum absolute atomic E-state index is 0.251. The lowest BCUT2D eigenvalue weighted by atomic mass is 9.93. The summed E-state index contributed by atoms with van der Waals surface area (Å²) in [6, 6.07) is 0.110. The van der Waals surface area contributed by atoms with E-state index in [2.05, 4.69) is 6.92 Å². The van der Waals surface area contributed by atoms with Gasteiger partial charge in [-0.1, -0.05) is 0 Å². The van der Waals surface area contributed by atoms with Crippen LogP contribution in [0.5, 0.6) is 0 Å². The van der Waals surface area contributed by atoms with E-state index >= 15 is 0 Å². The molecule has 0 unspecified atom stereocenters. The van der Waals surface area contributed by atoms with Crippen molar-refractivity contribution in [2.45, 2.75) is 50.2 Å². The lowest BCUT2D eigenvalue weighted by Crippen LogP contribution is -2.52. The maximum absolute atomic E-state index is 9.67. The highest BCUT2D eigenvalue weighted by Gasteiger charge is 2.47. The van der Waals surface area contributed by atoms with Crippen LogP contribution in [-0.2, 0) is 0 Å². The standard InChI is InChI=1S/C9H17NO3/c1-5-2-3-6(11)8-9(13)7(12)4-10(5)8/h5-9,11-13H,2-4H2,1H3/t5-,6+,7-,8+,9-/m1/s1. The summed E-state index contributed by atoms with van der Waals surface area (Å²) in [7, 11) is 0. The van der Waals surface area contributed by atoms with Gasteiger partial charge in [0.15, 0.2) is 0 Å². The van der Waals surface area contributed by atoms with Crippen molar-refractivity contribution in [2.75, 3.05) is 6.54 Å². The van der Waals surface area contributed by atoms with Crippen molar-refractivity contribution in [3.05, 3.63) is 0 Å². The van der Waals surface area contributed by atoms with Crippen LogP contribution in [0.15, 0.2) is 0 Å². The second-order valence-corrected chi connectivity index (χ2v) is 4.24. The van der Waals surface area contributed by atoms with Gasteiger partial charge >= 0.3 is 0 Å². The van der Waals surface area contributed by atoms with Gasteiger partial charge in [0.05, 0.1) is 24.4 Å². The first-order valence-corrected chi connectivity index (χ1v) is 4.91. The van der Waals surface area contributed by atoms with Gasteiger partial charge in [0, 0.05) is 12.6 Å². The number of aliphatic hydroxyl groups excluding tert-OH is 3. The van der Waals surface area contributed by atoms with Gasteiger partial charge in [0.25, 0.3) is 0 Å². The Bertz CT molecular complexity index is 199. The molecule has 2 rings (SSSR count). The fourth-order valence-electron chi connectivity index (χ4n) is 2.54. The molecule has 0 aliphatic carbocycles. The first-order chi connectivity index (χ1) is 6.11. The first kappa shape index (κ1) is 9.40. The molecule has 4 heteroatoms. The first-order valence-electron chi connectivity index (χ1n) is 4.91. The minimum atomic E-state index is -0.780. The zero-order chi connectivity index (χ0) is 9.59. The van der Waals surface area contributed by atoms with E-state index in [0.29, 0.717) is 12.6 Å². The second-order valence-electron chi connectivity index (χ2n) is 4.24. The molecule has 2 aliphatic rings. The normalized spacial score (nSPS) is 52.2. The highest BCUT2D eigenvalue weighted by atomic mass is 16.3. The number of piperidine rings is 1. The molecule has 2 heterocycles. The fourth-order valence-corrected chi connectivity index (χ4v) is 2.54. The average molecular weight is 187 g/mol. The Morgan fingerprint density at radius 2 is 1.77 bits per heavy atom.